The SMILES string of the molecule is CCCN(Cc1cccnc1NC)C1CC1. The number of pyridine rings is 1. The first kappa shape index (κ1) is 11.4. The third kappa shape index (κ3) is 2.73. The van der Waals surface area contributed by atoms with Crippen LogP contribution < -0.4 is 5.32 Å². The second-order valence-corrected chi connectivity index (χ2v) is 4.46. The summed E-state index contributed by atoms with van der Waals surface area (Å²) in [6.45, 7) is 4.48. The zero-order chi connectivity index (χ0) is 11.4. The number of hydrogen-bond donors (Lipinski definition) is 1. The van der Waals surface area contributed by atoms with E-state index in [1.165, 1.54) is 31.4 Å². The minimum Gasteiger partial charge on any atom is -0.373 e. The summed E-state index contributed by atoms with van der Waals surface area (Å²) in [5, 5.41) is 3.16. The molecule has 3 nitrogen and oxygen atoms in total. The van der Waals surface area contributed by atoms with Crippen LogP contribution in [-0.2, 0) is 6.54 Å². The lowest BCUT2D eigenvalue weighted by molar-refractivity contribution is 0.255. The van der Waals surface area contributed by atoms with Gasteiger partial charge in [0.1, 0.15) is 5.82 Å². The van der Waals surface area contributed by atoms with Crippen molar-refractivity contribution in [1.82, 2.24) is 9.88 Å². The van der Waals surface area contributed by atoms with Crippen LogP contribution in [0.15, 0.2) is 18.3 Å². The molecule has 1 aromatic rings. The van der Waals surface area contributed by atoms with E-state index in [0.29, 0.717) is 0 Å². The Kier molecular flexibility index (Phi) is 3.78. The average Bonchev–Trinajstić information content (AvgIpc) is 3.13. The molecular formula is C13H21N3. The molecule has 0 amide bonds. The molecule has 2 rings (SSSR count). The maximum Gasteiger partial charge on any atom is 0.130 e. The first-order valence-corrected chi connectivity index (χ1v) is 6.20. The standard InChI is InChI=1S/C13H21N3/c1-3-9-16(12-6-7-12)10-11-5-4-8-15-13(11)14-2/h4-5,8,12H,3,6-7,9-10H2,1-2H3,(H,14,15). The summed E-state index contributed by atoms with van der Waals surface area (Å²) in [6.07, 6.45) is 5.81. The van der Waals surface area contributed by atoms with Crippen LogP contribution in [0.1, 0.15) is 31.7 Å². The average molecular weight is 219 g/mol. The number of nitrogens with one attached hydrogen (secondary N) is 1. The molecule has 0 radical (unpaired) electrons. The van der Waals surface area contributed by atoms with Gasteiger partial charge in [0.15, 0.2) is 0 Å². The van der Waals surface area contributed by atoms with Gasteiger partial charge < -0.3 is 5.32 Å². The van der Waals surface area contributed by atoms with E-state index >= 15 is 0 Å². The van der Waals surface area contributed by atoms with E-state index in [0.717, 1.165) is 18.4 Å². The molecule has 0 bridgehead atoms. The van der Waals surface area contributed by atoms with Crippen molar-refractivity contribution in [1.29, 1.82) is 0 Å². The van der Waals surface area contributed by atoms with Crippen molar-refractivity contribution >= 4 is 5.82 Å². The molecule has 1 aliphatic rings. The van der Waals surface area contributed by atoms with Gasteiger partial charge in [-0.15, -0.1) is 0 Å². The van der Waals surface area contributed by atoms with Crippen LogP contribution in [-0.4, -0.2) is 29.5 Å². The Morgan fingerprint density at radius 1 is 1.50 bits per heavy atom. The van der Waals surface area contributed by atoms with Crippen molar-refractivity contribution in [2.75, 3.05) is 18.9 Å². The summed E-state index contributed by atoms with van der Waals surface area (Å²) in [6, 6.07) is 5.02. The highest BCUT2D eigenvalue weighted by molar-refractivity contribution is 5.42. The van der Waals surface area contributed by atoms with Crippen LogP contribution in [0.25, 0.3) is 0 Å². The fourth-order valence-electron chi connectivity index (χ4n) is 2.13. The van der Waals surface area contributed by atoms with E-state index in [2.05, 4.69) is 28.2 Å². The minimum absolute atomic E-state index is 0.824. The maximum absolute atomic E-state index is 4.35. The lowest BCUT2D eigenvalue weighted by Gasteiger charge is -2.22. The summed E-state index contributed by atoms with van der Waals surface area (Å²) in [5.74, 6) is 1.02. The monoisotopic (exact) mass is 219 g/mol. The van der Waals surface area contributed by atoms with Gasteiger partial charge in [-0.3, -0.25) is 4.90 Å². The maximum atomic E-state index is 4.35. The van der Waals surface area contributed by atoms with Gasteiger partial charge in [0.25, 0.3) is 0 Å². The van der Waals surface area contributed by atoms with Crippen molar-refractivity contribution in [2.24, 2.45) is 0 Å². The van der Waals surface area contributed by atoms with Crippen LogP contribution in [0.5, 0.6) is 0 Å². The lowest BCUT2D eigenvalue weighted by atomic mass is 10.2. The van der Waals surface area contributed by atoms with Gasteiger partial charge >= 0.3 is 0 Å². The molecule has 16 heavy (non-hydrogen) atoms. The molecule has 0 spiro atoms. The van der Waals surface area contributed by atoms with Crippen molar-refractivity contribution in [3.63, 3.8) is 0 Å². The third-order valence-corrected chi connectivity index (χ3v) is 3.08. The van der Waals surface area contributed by atoms with Crippen molar-refractivity contribution in [3.05, 3.63) is 23.9 Å². The van der Waals surface area contributed by atoms with Crippen LogP contribution >= 0.6 is 0 Å². The molecule has 88 valence electrons. The molecule has 3 heteroatoms. The number of rotatable bonds is 6. The number of aromatic nitrogens is 1. The first-order valence-electron chi connectivity index (χ1n) is 6.20. The van der Waals surface area contributed by atoms with Crippen LogP contribution in [0.3, 0.4) is 0 Å². The minimum atomic E-state index is 0.824. The number of anilines is 1. The lowest BCUT2D eigenvalue weighted by Crippen LogP contribution is -2.26. The summed E-state index contributed by atoms with van der Waals surface area (Å²) in [7, 11) is 1.94. The van der Waals surface area contributed by atoms with E-state index in [4.69, 9.17) is 0 Å². The second kappa shape index (κ2) is 5.30. The van der Waals surface area contributed by atoms with Gasteiger partial charge in [-0.2, -0.15) is 0 Å². The molecule has 0 aliphatic heterocycles. The first-order chi connectivity index (χ1) is 7.85. The summed E-state index contributed by atoms with van der Waals surface area (Å²) in [5.41, 5.74) is 1.31. The number of hydrogen-bond acceptors (Lipinski definition) is 3. The molecule has 0 aromatic carbocycles. The van der Waals surface area contributed by atoms with E-state index < -0.39 is 0 Å². The van der Waals surface area contributed by atoms with E-state index in [1.807, 2.05) is 19.3 Å². The van der Waals surface area contributed by atoms with Gasteiger partial charge in [0, 0.05) is 31.4 Å². The largest absolute Gasteiger partial charge is 0.373 e. The Morgan fingerprint density at radius 3 is 2.94 bits per heavy atom. The van der Waals surface area contributed by atoms with Crippen LogP contribution in [0.2, 0.25) is 0 Å². The fourth-order valence-corrected chi connectivity index (χ4v) is 2.13. The van der Waals surface area contributed by atoms with Crippen LogP contribution in [0, 0.1) is 0 Å². The normalized spacial score (nSPS) is 15.4. The highest BCUT2D eigenvalue weighted by Gasteiger charge is 2.28. The predicted octanol–water partition coefficient (Wildman–Crippen LogP) is 2.50. The van der Waals surface area contributed by atoms with Gasteiger partial charge in [-0.1, -0.05) is 13.0 Å². The Hall–Kier alpha value is -1.09. The molecule has 0 unspecified atom stereocenters. The molecule has 1 aliphatic carbocycles. The smallest absolute Gasteiger partial charge is 0.130 e. The molecule has 1 heterocycles. The zero-order valence-electron chi connectivity index (χ0n) is 10.2. The Balaban J connectivity index is 2.05. The second-order valence-electron chi connectivity index (χ2n) is 4.46. The van der Waals surface area contributed by atoms with Gasteiger partial charge in [-0.25, -0.2) is 4.98 Å². The van der Waals surface area contributed by atoms with Crippen molar-refractivity contribution in [3.8, 4) is 0 Å². The summed E-state index contributed by atoms with van der Waals surface area (Å²) < 4.78 is 0. The quantitative estimate of drug-likeness (QED) is 0.796. The molecule has 0 saturated heterocycles. The van der Waals surface area contributed by atoms with Gasteiger partial charge in [0.05, 0.1) is 0 Å². The van der Waals surface area contributed by atoms with Gasteiger partial charge in [0.2, 0.25) is 0 Å². The summed E-state index contributed by atoms with van der Waals surface area (Å²) in [4.78, 5) is 6.93. The molecule has 1 aromatic heterocycles. The summed E-state index contributed by atoms with van der Waals surface area (Å²) >= 11 is 0. The third-order valence-electron chi connectivity index (χ3n) is 3.08. The van der Waals surface area contributed by atoms with E-state index in [1.54, 1.807) is 0 Å². The van der Waals surface area contributed by atoms with Gasteiger partial charge in [-0.05, 0) is 31.9 Å². The molecule has 1 N–H and O–H groups in total. The topological polar surface area (TPSA) is 28.2 Å². The van der Waals surface area contributed by atoms with E-state index in [9.17, 15) is 0 Å². The fraction of sp³-hybridized carbons (Fsp3) is 0.615. The number of nitrogens with zero attached hydrogens (tertiary/aromatic N) is 2. The molecule has 1 saturated carbocycles. The Labute approximate surface area is 97.9 Å². The highest BCUT2D eigenvalue weighted by atomic mass is 15.2. The predicted molar refractivity (Wildman–Crippen MR) is 67.5 cm³/mol. The van der Waals surface area contributed by atoms with Crippen molar-refractivity contribution in [2.45, 2.75) is 38.8 Å². The highest BCUT2D eigenvalue weighted by Crippen LogP contribution is 2.29. The zero-order valence-corrected chi connectivity index (χ0v) is 10.2. The van der Waals surface area contributed by atoms with E-state index in [-0.39, 0.29) is 0 Å². The Bertz CT molecular complexity index is 334. The molecule has 1 fully saturated rings. The Morgan fingerprint density at radius 2 is 2.31 bits per heavy atom. The van der Waals surface area contributed by atoms with Crippen LogP contribution in [0.4, 0.5) is 5.82 Å². The molecular weight excluding hydrogens is 198 g/mol. The molecule has 0 atom stereocenters. The van der Waals surface area contributed by atoms with Crippen molar-refractivity contribution < 1.29 is 0 Å².